The molecule has 2 atom stereocenters. The van der Waals surface area contributed by atoms with Crippen LogP contribution in [-0.4, -0.2) is 43.7 Å². The number of carbonyl (C=O) groups is 1. The van der Waals surface area contributed by atoms with Crippen molar-refractivity contribution in [3.63, 3.8) is 0 Å². The maximum Gasteiger partial charge on any atom is 0.187 e. The lowest BCUT2D eigenvalue weighted by Gasteiger charge is -2.46. The van der Waals surface area contributed by atoms with Crippen LogP contribution in [0.15, 0.2) is 11.8 Å². The fourth-order valence-corrected chi connectivity index (χ4v) is 4.52. The van der Waals surface area contributed by atoms with Gasteiger partial charge in [0.25, 0.3) is 0 Å². The number of nitrogens with zero attached hydrogens (tertiary/aromatic N) is 2. The molecule has 0 radical (unpaired) electrons. The van der Waals surface area contributed by atoms with Gasteiger partial charge in [0.05, 0.1) is 35.2 Å². The number of rotatable bonds is 8. The second kappa shape index (κ2) is 8.63. The number of carbonyl (C=O) groups excluding carboxylic acids is 1. The largest absolute Gasteiger partial charge is 0.496 e. The summed E-state index contributed by atoms with van der Waals surface area (Å²) >= 11 is 1.52. The summed E-state index contributed by atoms with van der Waals surface area (Å²) in [6.07, 6.45) is 4.18. The summed E-state index contributed by atoms with van der Waals surface area (Å²) in [7, 11) is 3.30. The Morgan fingerprint density at radius 1 is 1.48 bits per heavy atom. The van der Waals surface area contributed by atoms with Gasteiger partial charge in [-0.2, -0.15) is 0 Å². The molecule has 1 fully saturated rings. The molecule has 6 heteroatoms. The first-order chi connectivity index (χ1) is 12.0. The lowest BCUT2D eigenvalue weighted by molar-refractivity contribution is -0.114. The van der Waals surface area contributed by atoms with E-state index in [1.807, 2.05) is 19.9 Å². The van der Waals surface area contributed by atoms with Crippen molar-refractivity contribution < 1.29 is 14.3 Å². The second-order valence-corrected chi connectivity index (χ2v) is 7.26. The van der Waals surface area contributed by atoms with Crippen molar-refractivity contribution in [1.29, 1.82) is 0 Å². The van der Waals surface area contributed by atoms with Gasteiger partial charge in [-0.3, -0.25) is 4.79 Å². The number of hydrogen-bond acceptors (Lipinski definition) is 6. The van der Waals surface area contributed by atoms with Gasteiger partial charge in [0.1, 0.15) is 5.76 Å². The zero-order valence-electron chi connectivity index (χ0n) is 15.8. The van der Waals surface area contributed by atoms with Gasteiger partial charge in [-0.05, 0) is 32.8 Å². The van der Waals surface area contributed by atoms with Gasteiger partial charge < -0.3 is 14.4 Å². The number of hydrogen-bond donors (Lipinski definition) is 0. The number of ether oxygens (including phenoxy) is 2. The predicted octanol–water partition coefficient (Wildman–Crippen LogP) is 2.24. The lowest BCUT2D eigenvalue weighted by Crippen LogP contribution is -2.56. The van der Waals surface area contributed by atoms with Gasteiger partial charge >= 0.3 is 0 Å². The van der Waals surface area contributed by atoms with Crippen LogP contribution in [0.4, 0.5) is 5.13 Å². The molecule has 1 aromatic heterocycles. The highest BCUT2D eigenvalue weighted by atomic mass is 32.1. The molecule has 25 heavy (non-hydrogen) atoms. The third kappa shape index (κ3) is 3.96. The molecule has 2 rings (SSSR count). The number of aromatic nitrogens is 1. The number of thiazole rings is 1. The van der Waals surface area contributed by atoms with E-state index in [1.54, 1.807) is 14.2 Å². The highest BCUT2D eigenvalue weighted by Crippen LogP contribution is 2.32. The van der Waals surface area contributed by atoms with Gasteiger partial charge in [0, 0.05) is 19.6 Å². The molecule has 0 saturated carbocycles. The fraction of sp³-hybridized carbons (Fsp3) is 0.579. The van der Waals surface area contributed by atoms with E-state index in [9.17, 15) is 4.79 Å². The van der Waals surface area contributed by atoms with Gasteiger partial charge in [-0.15, -0.1) is 0 Å². The van der Waals surface area contributed by atoms with Crippen LogP contribution in [-0.2, 0) is 14.3 Å². The molecule has 0 aromatic carbocycles. The van der Waals surface area contributed by atoms with E-state index < -0.39 is 0 Å². The van der Waals surface area contributed by atoms with Gasteiger partial charge in [0.15, 0.2) is 10.9 Å². The molecule has 5 nitrogen and oxygen atoms in total. The van der Waals surface area contributed by atoms with Crippen LogP contribution >= 0.6 is 11.3 Å². The minimum Gasteiger partial charge on any atom is -0.496 e. The van der Waals surface area contributed by atoms with Crippen LogP contribution in [0.3, 0.4) is 0 Å². The minimum absolute atomic E-state index is 0.0719. The van der Waals surface area contributed by atoms with Crippen LogP contribution in [0.1, 0.15) is 40.0 Å². The topological polar surface area (TPSA) is 51.7 Å². The molecule has 138 valence electrons. The van der Waals surface area contributed by atoms with Crippen molar-refractivity contribution in [2.24, 2.45) is 0 Å². The molecule has 1 saturated heterocycles. The van der Waals surface area contributed by atoms with Crippen LogP contribution in [0, 0.1) is 0 Å². The van der Waals surface area contributed by atoms with Gasteiger partial charge in [-0.25, -0.2) is 4.98 Å². The quantitative estimate of drug-likeness (QED) is 0.662. The summed E-state index contributed by atoms with van der Waals surface area (Å²) < 4.78 is 11.6. The van der Waals surface area contributed by atoms with Crippen molar-refractivity contribution in [3.05, 3.63) is 21.7 Å². The van der Waals surface area contributed by atoms with E-state index in [-0.39, 0.29) is 5.78 Å². The maximum atomic E-state index is 12.7. The number of anilines is 1. The molecule has 0 bridgehead atoms. The van der Waals surface area contributed by atoms with Gasteiger partial charge in [0.2, 0.25) is 0 Å². The Balaban J connectivity index is 2.55. The van der Waals surface area contributed by atoms with Crippen LogP contribution in [0.2, 0.25) is 0 Å². The third-order valence-corrected chi connectivity index (χ3v) is 5.59. The molecule has 2 heterocycles. The average molecular weight is 365 g/mol. The van der Waals surface area contributed by atoms with E-state index in [1.165, 1.54) is 11.3 Å². The molecule has 0 spiro atoms. The average Bonchev–Trinajstić information content (AvgIpc) is 2.92. The zero-order valence-corrected chi connectivity index (χ0v) is 16.6. The summed E-state index contributed by atoms with van der Waals surface area (Å²) in [5.41, 5.74) is 0.595. The molecular formula is C19H28N2O3S. The Hall–Kier alpha value is -1.66. The fourth-order valence-electron chi connectivity index (χ4n) is 3.27. The predicted molar refractivity (Wildman–Crippen MR) is 103 cm³/mol. The van der Waals surface area contributed by atoms with Crippen LogP contribution < -0.4 is 14.8 Å². The Bertz CT molecular complexity index is 751. The molecule has 0 amide bonds. The molecular weight excluding hydrogens is 336 g/mol. The zero-order chi connectivity index (χ0) is 18.6. The van der Waals surface area contributed by atoms with Gasteiger partial charge in [-0.1, -0.05) is 24.8 Å². The first kappa shape index (κ1) is 19.7. The SMILES string of the molecule is C=c1nc(N2C(C)CC2COC)s/c1=C(C(=O)CCC)/C(=C\C)OC. The third-order valence-electron chi connectivity index (χ3n) is 4.46. The normalized spacial score (nSPS) is 21.8. The second-order valence-electron chi connectivity index (χ2n) is 6.28. The Kier molecular flexibility index (Phi) is 6.79. The Morgan fingerprint density at radius 2 is 2.20 bits per heavy atom. The molecule has 0 aliphatic carbocycles. The lowest BCUT2D eigenvalue weighted by atomic mass is 9.96. The van der Waals surface area contributed by atoms with Crippen molar-refractivity contribution in [2.75, 3.05) is 25.7 Å². The first-order valence-electron chi connectivity index (χ1n) is 8.69. The van der Waals surface area contributed by atoms with E-state index >= 15 is 0 Å². The summed E-state index contributed by atoms with van der Waals surface area (Å²) in [4.78, 5) is 19.6. The summed E-state index contributed by atoms with van der Waals surface area (Å²) in [5.74, 6) is 0.659. The highest BCUT2D eigenvalue weighted by molar-refractivity contribution is 7.13. The number of Topliss-reactive ketones (excluding diaryl/α,β-unsaturated/α-hetero) is 1. The molecule has 2 unspecified atom stereocenters. The number of methoxy groups -OCH3 is 2. The number of allylic oxidation sites excluding steroid dienone is 2. The van der Waals surface area contributed by atoms with Crippen LogP contribution in [0.5, 0.6) is 0 Å². The van der Waals surface area contributed by atoms with Crippen LogP contribution in [0.25, 0.3) is 12.2 Å². The molecule has 1 aliphatic rings. The molecule has 0 N–H and O–H groups in total. The number of ketones is 1. The highest BCUT2D eigenvalue weighted by Gasteiger charge is 2.37. The Morgan fingerprint density at radius 3 is 2.72 bits per heavy atom. The van der Waals surface area contributed by atoms with Crippen molar-refractivity contribution in [1.82, 2.24) is 4.98 Å². The van der Waals surface area contributed by atoms with Crippen molar-refractivity contribution in [3.8, 4) is 0 Å². The molecule has 1 aromatic rings. The molecule has 1 aliphatic heterocycles. The van der Waals surface area contributed by atoms with Crippen molar-refractivity contribution >= 4 is 34.4 Å². The monoisotopic (exact) mass is 364 g/mol. The smallest absolute Gasteiger partial charge is 0.187 e. The van der Waals surface area contributed by atoms with E-state index in [0.717, 1.165) is 22.5 Å². The summed E-state index contributed by atoms with van der Waals surface area (Å²) in [6, 6.07) is 0.744. The minimum atomic E-state index is 0.0719. The summed E-state index contributed by atoms with van der Waals surface area (Å²) in [5, 5.41) is 1.53. The maximum absolute atomic E-state index is 12.7. The van der Waals surface area contributed by atoms with Crippen molar-refractivity contribution in [2.45, 2.75) is 52.1 Å². The van der Waals surface area contributed by atoms with E-state index in [0.29, 0.717) is 41.8 Å². The first-order valence-corrected chi connectivity index (χ1v) is 9.51. The standard InChI is InChI=1S/C19H28N2O3S/c1-7-9-15(22)17(16(8-2)24-6)18-13(4)20-19(25-18)21-12(3)10-14(21)11-23-5/h8,12,14H,4,7,9-11H2,1-3,5-6H3/b16-8+,18-17+. The van der Waals surface area contributed by atoms with E-state index in [2.05, 4.69) is 23.4 Å². The van der Waals surface area contributed by atoms with E-state index in [4.69, 9.17) is 9.47 Å². The summed E-state index contributed by atoms with van der Waals surface area (Å²) in [6.45, 7) is 10.8. The Labute approximate surface area is 153 Å².